The van der Waals surface area contributed by atoms with Gasteiger partial charge in [-0.25, -0.2) is 4.98 Å². The third kappa shape index (κ3) is 4.54. The molecule has 234 valence electrons. The number of amides is 2. The van der Waals surface area contributed by atoms with Crippen molar-refractivity contribution in [3.63, 3.8) is 0 Å². The Kier molecular flexibility index (Phi) is 6.51. The second-order valence-electron chi connectivity index (χ2n) is 13.8. The van der Waals surface area contributed by atoms with Crippen molar-refractivity contribution in [1.29, 1.82) is 0 Å². The summed E-state index contributed by atoms with van der Waals surface area (Å²) in [5.41, 5.74) is 11.5. The van der Waals surface area contributed by atoms with Crippen LogP contribution in [0.4, 0.5) is 0 Å². The zero-order chi connectivity index (χ0) is 31.1. The van der Waals surface area contributed by atoms with E-state index in [1.807, 2.05) is 21.9 Å². The molecule has 5 heterocycles. The maximum atomic E-state index is 13.8. The Morgan fingerprint density at radius 3 is 2.37 bits per heavy atom. The first-order valence-corrected chi connectivity index (χ1v) is 16.8. The van der Waals surface area contributed by atoms with E-state index in [0.29, 0.717) is 59.7 Å². The molecule has 9 nitrogen and oxygen atoms in total. The number of rotatable bonds is 7. The molecular formula is C36H36ClN7O2. The van der Waals surface area contributed by atoms with Crippen LogP contribution in [0.1, 0.15) is 46.4 Å². The quantitative estimate of drug-likeness (QED) is 0.257. The molecule has 2 amide bonds. The lowest BCUT2D eigenvalue weighted by Gasteiger charge is -2.39. The fourth-order valence-electron chi connectivity index (χ4n) is 8.10. The number of likely N-dealkylation sites (tertiary alicyclic amines) is 2. The van der Waals surface area contributed by atoms with Gasteiger partial charge in [-0.15, -0.1) is 0 Å². The summed E-state index contributed by atoms with van der Waals surface area (Å²) >= 11 is 7.11. The largest absolute Gasteiger partial charge is 0.338 e. The second kappa shape index (κ2) is 10.7. The molecule has 3 atom stereocenters. The Morgan fingerprint density at radius 1 is 0.848 bits per heavy atom. The summed E-state index contributed by atoms with van der Waals surface area (Å²) in [6.07, 6.45) is 7.83. The summed E-state index contributed by atoms with van der Waals surface area (Å²) in [5.74, 6) is 2.13. The highest BCUT2D eigenvalue weighted by molar-refractivity contribution is 6.35. The number of carbonyl (C=O) groups is 2. The maximum Gasteiger partial charge on any atom is 0.254 e. The highest BCUT2D eigenvalue weighted by Gasteiger charge is 2.47. The lowest BCUT2D eigenvalue weighted by molar-refractivity contribution is 0.0471. The normalized spacial score (nSPS) is 22.7. The molecule has 2 bridgehead atoms. The van der Waals surface area contributed by atoms with Crippen LogP contribution in [-0.4, -0.2) is 72.4 Å². The van der Waals surface area contributed by atoms with Crippen molar-refractivity contribution in [2.75, 3.05) is 19.6 Å². The lowest BCUT2D eigenvalue weighted by Crippen LogP contribution is -2.51. The molecule has 2 aromatic carbocycles. The van der Waals surface area contributed by atoms with E-state index >= 15 is 0 Å². The Balaban J connectivity index is 1.11. The lowest BCUT2D eigenvalue weighted by atomic mass is 9.98. The summed E-state index contributed by atoms with van der Waals surface area (Å²) in [6.45, 7) is 3.61. The Hall–Kier alpha value is -4.21. The van der Waals surface area contributed by atoms with Gasteiger partial charge >= 0.3 is 0 Å². The number of halogens is 1. The SMILES string of the molecule is N[C@@H]1[C@@H]2CC[C@H]1N(C(=O)c1cc(Cl)c3c(c1)nc(-c1cc4ccccc4n1CC1CC1)n3CC1CN(C(=O)c3ccncc3)C1)C2. The molecule has 2 aliphatic heterocycles. The molecule has 9 rings (SSSR count). The molecule has 2 N–H and O–H groups in total. The minimum atomic E-state index is -0.0188. The summed E-state index contributed by atoms with van der Waals surface area (Å²) in [6, 6.07) is 18.1. The number of piperidine rings is 1. The molecular weight excluding hydrogens is 598 g/mol. The molecule has 3 aromatic heterocycles. The van der Waals surface area contributed by atoms with Gasteiger partial charge in [0.1, 0.15) is 0 Å². The van der Waals surface area contributed by atoms with Gasteiger partial charge in [-0.3, -0.25) is 14.6 Å². The van der Waals surface area contributed by atoms with Crippen LogP contribution in [0.5, 0.6) is 0 Å². The molecule has 2 aliphatic carbocycles. The number of benzene rings is 2. The molecule has 4 aliphatic rings. The molecule has 5 aromatic rings. The van der Waals surface area contributed by atoms with E-state index in [0.717, 1.165) is 36.4 Å². The van der Waals surface area contributed by atoms with Gasteiger partial charge in [-0.1, -0.05) is 29.8 Å². The molecule has 2 saturated heterocycles. The molecule has 46 heavy (non-hydrogen) atoms. The van der Waals surface area contributed by atoms with Gasteiger partial charge in [0.2, 0.25) is 0 Å². The van der Waals surface area contributed by atoms with Gasteiger partial charge in [0.25, 0.3) is 11.8 Å². The minimum absolute atomic E-state index is 0.0188. The van der Waals surface area contributed by atoms with Crippen molar-refractivity contribution in [3.8, 4) is 11.5 Å². The number of carbonyl (C=O) groups excluding carboxylic acids is 2. The molecule has 4 fully saturated rings. The summed E-state index contributed by atoms with van der Waals surface area (Å²) in [4.78, 5) is 40.0. The van der Waals surface area contributed by atoms with E-state index in [1.54, 1.807) is 24.5 Å². The van der Waals surface area contributed by atoms with E-state index in [2.05, 4.69) is 44.5 Å². The van der Waals surface area contributed by atoms with E-state index in [4.69, 9.17) is 22.3 Å². The van der Waals surface area contributed by atoms with Gasteiger partial charge in [0.15, 0.2) is 5.82 Å². The van der Waals surface area contributed by atoms with Gasteiger partial charge in [0, 0.05) is 85.1 Å². The number of hydrogen-bond acceptors (Lipinski definition) is 5. The average Bonchev–Trinajstić information content (AvgIpc) is 3.40. The average molecular weight is 634 g/mol. The Morgan fingerprint density at radius 2 is 1.63 bits per heavy atom. The third-order valence-electron chi connectivity index (χ3n) is 10.7. The fraction of sp³-hybridized carbons (Fsp3) is 0.389. The third-order valence-corrected chi connectivity index (χ3v) is 11.0. The first-order chi connectivity index (χ1) is 22.4. The van der Waals surface area contributed by atoms with Crippen LogP contribution in [-0.2, 0) is 13.1 Å². The summed E-state index contributed by atoms with van der Waals surface area (Å²) in [5, 5.41) is 1.69. The highest BCUT2D eigenvalue weighted by atomic mass is 35.5. The van der Waals surface area contributed by atoms with Crippen molar-refractivity contribution in [2.24, 2.45) is 23.5 Å². The van der Waals surface area contributed by atoms with Crippen molar-refractivity contribution in [3.05, 3.63) is 83.1 Å². The van der Waals surface area contributed by atoms with E-state index < -0.39 is 0 Å². The van der Waals surface area contributed by atoms with Crippen molar-refractivity contribution in [2.45, 2.75) is 50.9 Å². The zero-order valence-electron chi connectivity index (χ0n) is 25.6. The Labute approximate surface area is 271 Å². The Bertz CT molecular complexity index is 2010. The number of nitrogens with zero attached hydrogens (tertiary/aromatic N) is 6. The van der Waals surface area contributed by atoms with Gasteiger partial charge in [0.05, 0.1) is 21.7 Å². The summed E-state index contributed by atoms with van der Waals surface area (Å²) in [7, 11) is 0. The predicted octanol–water partition coefficient (Wildman–Crippen LogP) is 5.45. The molecule has 0 radical (unpaired) electrons. The van der Waals surface area contributed by atoms with E-state index in [1.165, 1.54) is 23.7 Å². The highest BCUT2D eigenvalue weighted by Crippen LogP contribution is 2.40. The molecule has 2 saturated carbocycles. The number of nitrogens with two attached hydrogens (primary N) is 1. The van der Waals surface area contributed by atoms with Gasteiger partial charge in [-0.2, -0.15) is 0 Å². The topological polar surface area (TPSA) is 102 Å². The standard InChI is InChI=1S/C36H36ClN7O2/c37-27-13-26(36(46)43-20-25-7-8-30(43)32(25)38)14-28-33(27)44(19-22-16-41(17-22)35(45)23-9-11-39-12-10-23)34(40-28)31-15-24-3-1-2-4-29(24)42(31)18-21-5-6-21/h1-4,9-15,21-22,25,30,32H,5-8,16-20,38H2/t25-,30-,32-/m1/s1. The zero-order valence-corrected chi connectivity index (χ0v) is 26.3. The molecule has 10 heteroatoms. The van der Waals surface area contributed by atoms with Crippen LogP contribution in [0, 0.1) is 17.8 Å². The van der Waals surface area contributed by atoms with Crippen LogP contribution >= 0.6 is 11.6 Å². The van der Waals surface area contributed by atoms with Gasteiger partial charge in [-0.05, 0) is 73.9 Å². The first kappa shape index (κ1) is 28.0. The second-order valence-corrected chi connectivity index (χ2v) is 14.2. The summed E-state index contributed by atoms with van der Waals surface area (Å²) < 4.78 is 4.64. The van der Waals surface area contributed by atoms with Crippen molar-refractivity contribution in [1.82, 2.24) is 28.9 Å². The number of aromatic nitrogens is 4. The van der Waals surface area contributed by atoms with Crippen LogP contribution < -0.4 is 5.73 Å². The van der Waals surface area contributed by atoms with E-state index in [9.17, 15) is 9.59 Å². The van der Waals surface area contributed by atoms with Crippen LogP contribution in [0.2, 0.25) is 5.02 Å². The van der Waals surface area contributed by atoms with Gasteiger partial charge < -0.3 is 24.7 Å². The van der Waals surface area contributed by atoms with E-state index in [-0.39, 0.29) is 29.8 Å². The first-order valence-electron chi connectivity index (χ1n) is 16.5. The number of pyridine rings is 1. The number of para-hydroxylation sites is 1. The van der Waals surface area contributed by atoms with Crippen LogP contribution in [0.3, 0.4) is 0 Å². The minimum Gasteiger partial charge on any atom is -0.338 e. The number of hydrogen-bond donors (Lipinski definition) is 1. The smallest absolute Gasteiger partial charge is 0.254 e. The molecule has 0 unspecified atom stereocenters. The number of fused-ring (bicyclic) bond motifs is 4. The molecule has 0 spiro atoms. The predicted molar refractivity (Wildman–Crippen MR) is 178 cm³/mol. The van der Waals surface area contributed by atoms with Crippen molar-refractivity contribution >= 4 is 45.4 Å². The monoisotopic (exact) mass is 633 g/mol. The maximum absolute atomic E-state index is 13.8. The van der Waals surface area contributed by atoms with Crippen molar-refractivity contribution < 1.29 is 9.59 Å². The fourth-order valence-corrected chi connectivity index (χ4v) is 8.42. The van der Waals surface area contributed by atoms with Crippen LogP contribution in [0.15, 0.2) is 67.0 Å². The van der Waals surface area contributed by atoms with Crippen LogP contribution in [0.25, 0.3) is 33.5 Å². The number of imidazole rings is 1.